The molecule has 0 radical (unpaired) electrons. The van der Waals surface area contributed by atoms with Crippen LogP contribution in [0.1, 0.15) is 73.7 Å². The van der Waals surface area contributed by atoms with Crippen LogP contribution in [-0.4, -0.2) is 18.5 Å². The Bertz CT molecular complexity index is 953. The molecule has 1 heterocycles. The van der Waals surface area contributed by atoms with Crippen LogP contribution in [0.2, 0.25) is 0 Å². The Morgan fingerprint density at radius 3 is 2.60 bits per heavy atom. The Morgan fingerprint density at radius 2 is 1.87 bits per heavy atom. The van der Waals surface area contributed by atoms with Crippen LogP contribution in [0.4, 0.5) is 4.39 Å². The van der Waals surface area contributed by atoms with Crippen LogP contribution < -0.4 is 0 Å². The molecule has 0 saturated carbocycles. The Kier molecular flexibility index (Phi) is 6.09. The smallest absolute Gasteiger partial charge is 0.168 e. The van der Waals surface area contributed by atoms with Crippen molar-refractivity contribution < 1.29 is 13.9 Å². The highest BCUT2D eigenvalue weighted by molar-refractivity contribution is 5.45. The molecule has 4 rings (SSSR count). The summed E-state index contributed by atoms with van der Waals surface area (Å²) in [5, 5.41) is 4.15. The number of hydrogen-bond donors (Lipinski definition) is 0. The zero-order valence-electron chi connectivity index (χ0n) is 17.6. The summed E-state index contributed by atoms with van der Waals surface area (Å²) in [7, 11) is 0. The molecule has 1 aliphatic heterocycles. The Balaban J connectivity index is 1.66. The first-order valence-electron chi connectivity index (χ1n) is 10.8. The summed E-state index contributed by atoms with van der Waals surface area (Å²) in [5.74, 6) is -0.826. The van der Waals surface area contributed by atoms with Crippen molar-refractivity contribution >= 4 is 0 Å². The summed E-state index contributed by atoms with van der Waals surface area (Å²) in [6.45, 7) is 4.74. The van der Waals surface area contributed by atoms with Gasteiger partial charge in [-0.2, -0.15) is 0 Å². The molecule has 30 heavy (non-hydrogen) atoms. The molecule has 1 aliphatic carbocycles. The molecule has 3 atom stereocenters. The fourth-order valence-corrected chi connectivity index (χ4v) is 4.91. The fourth-order valence-electron chi connectivity index (χ4n) is 4.91. The number of rotatable bonds is 6. The monoisotopic (exact) mass is 409 g/mol. The molecule has 0 N–H and O–H groups in total. The van der Waals surface area contributed by atoms with Gasteiger partial charge in [-0.3, -0.25) is 0 Å². The van der Waals surface area contributed by atoms with Gasteiger partial charge in [-0.25, -0.2) is 4.39 Å². The fraction of sp³-hybridized carbons (Fsp3) is 0.500. The van der Waals surface area contributed by atoms with Crippen LogP contribution in [0, 0.1) is 5.82 Å². The number of azide groups is 1. The SMILES string of the molecule is CCC1(CC)OC[C@H](CC[C@@H]2c3ccccc3Cc3ccc(F)cc3[C@H]2N=[N+]=[N-])O1. The van der Waals surface area contributed by atoms with Crippen molar-refractivity contribution in [3.8, 4) is 0 Å². The molecule has 0 aromatic heterocycles. The molecule has 158 valence electrons. The number of halogens is 1. The summed E-state index contributed by atoms with van der Waals surface area (Å²) in [6.07, 6.45) is 3.92. The first kappa shape index (κ1) is 20.9. The van der Waals surface area contributed by atoms with E-state index < -0.39 is 11.8 Å². The van der Waals surface area contributed by atoms with E-state index in [0.29, 0.717) is 13.0 Å². The number of nitrogens with zero attached hydrogens (tertiary/aromatic N) is 3. The van der Waals surface area contributed by atoms with E-state index in [4.69, 9.17) is 9.47 Å². The standard InChI is InChI=1S/C24H28FN3O2/c1-3-24(4-2)29-15-19(30-24)11-12-21-20-8-6-5-7-16(20)13-17-9-10-18(25)14-22(17)23(21)27-28-26/h5-10,14,19,21,23H,3-4,11-13,15H2,1-2H3/t19-,21+,23-/m0/s1. The first-order chi connectivity index (χ1) is 14.6. The topological polar surface area (TPSA) is 67.2 Å². The van der Waals surface area contributed by atoms with Gasteiger partial charge in [0, 0.05) is 4.91 Å². The van der Waals surface area contributed by atoms with E-state index in [1.165, 1.54) is 23.3 Å². The third-order valence-electron chi connectivity index (χ3n) is 6.61. The molecule has 2 aliphatic rings. The van der Waals surface area contributed by atoms with Crippen molar-refractivity contribution in [1.29, 1.82) is 0 Å². The number of ether oxygens (including phenoxy) is 2. The Labute approximate surface area is 176 Å². The normalized spacial score (nSPS) is 24.4. The van der Waals surface area contributed by atoms with Crippen molar-refractivity contribution in [2.24, 2.45) is 5.11 Å². The number of fused-ring (bicyclic) bond motifs is 2. The molecule has 0 bridgehead atoms. The minimum Gasteiger partial charge on any atom is -0.347 e. The summed E-state index contributed by atoms with van der Waals surface area (Å²) >= 11 is 0. The maximum absolute atomic E-state index is 14.1. The molecular formula is C24H28FN3O2. The first-order valence-corrected chi connectivity index (χ1v) is 10.8. The highest BCUT2D eigenvalue weighted by Crippen LogP contribution is 2.45. The van der Waals surface area contributed by atoms with Crippen LogP contribution in [-0.2, 0) is 15.9 Å². The van der Waals surface area contributed by atoms with Gasteiger partial charge in [0.25, 0.3) is 0 Å². The number of hydrogen-bond acceptors (Lipinski definition) is 3. The van der Waals surface area contributed by atoms with Gasteiger partial charge in [0.2, 0.25) is 0 Å². The molecule has 2 aromatic rings. The zero-order chi connectivity index (χ0) is 21.1. The molecule has 0 amide bonds. The largest absolute Gasteiger partial charge is 0.347 e. The van der Waals surface area contributed by atoms with E-state index >= 15 is 0 Å². The lowest BCUT2D eigenvalue weighted by atomic mass is 9.83. The van der Waals surface area contributed by atoms with Crippen LogP contribution in [0.25, 0.3) is 10.4 Å². The summed E-state index contributed by atoms with van der Waals surface area (Å²) in [4.78, 5) is 3.13. The third kappa shape index (κ3) is 3.95. The minimum atomic E-state index is -0.480. The van der Waals surface area contributed by atoms with Crippen LogP contribution in [0.3, 0.4) is 0 Å². The van der Waals surface area contributed by atoms with Crippen molar-refractivity contribution in [1.82, 2.24) is 0 Å². The highest BCUT2D eigenvalue weighted by atomic mass is 19.1. The van der Waals surface area contributed by atoms with E-state index in [1.54, 1.807) is 0 Å². The van der Waals surface area contributed by atoms with E-state index in [2.05, 4.69) is 36.0 Å². The van der Waals surface area contributed by atoms with Gasteiger partial charge in [0.1, 0.15) is 5.82 Å². The second kappa shape index (κ2) is 8.76. The third-order valence-corrected chi connectivity index (χ3v) is 6.61. The minimum absolute atomic E-state index is 0.0130. The second-order valence-corrected chi connectivity index (χ2v) is 8.22. The quantitative estimate of drug-likeness (QED) is 0.307. The average molecular weight is 410 g/mol. The van der Waals surface area contributed by atoms with Gasteiger partial charge in [-0.1, -0.05) is 49.3 Å². The van der Waals surface area contributed by atoms with Crippen LogP contribution in [0.5, 0.6) is 0 Å². The molecule has 0 unspecified atom stereocenters. The maximum atomic E-state index is 14.1. The second-order valence-electron chi connectivity index (χ2n) is 8.22. The van der Waals surface area contributed by atoms with E-state index in [1.807, 2.05) is 18.2 Å². The maximum Gasteiger partial charge on any atom is 0.168 e. The highest BCUT2D eigenvalue weighted by Gasteiger charge is 2.39. The predicted molar refractivity (Wildman–Crippen MR) is 114 cm³/mol. The Morgan fingerprint density at radius 1 is 1.10 bits per heavy atom. The van der Waals surface area contributed by atoms with Crippen molar-refractivity contribution in [3.05, 3.63) is 81.0 Å². The number of benzene rings is 2. The lowest BCUT2D eigenvalue weighted by Gasteiger charge is -2.27. The zero-order valence-corrected chi connectivity index (χ0v) is 17.6. The van der Waals surface area contributed by atoms with E-state index in [0.717, 1.165) is 36.8 Å². The van der Waals surface area contributed by atoms with Gasteiger partial charge in [-0.05, 0) is 77.9 Å². The van der Waals surface area contributed by atoms with Crippen LogP contribution >= 0.6 is 0 Å². The molecular weight excluding hydrogens is 381 g/mol. The van der Waals surface area contributed by atoms with Gasteiger partial charge in [-0.15, -0.1) is 0 Å². The lowest BCUT2D eigenvalue weighted by Crippen LogP contribution is -2.29. The van der Waals surface area contributed by atoms with Crippen molar-refractivity contribution in [2.45, 2.75) is 69.8 Å². The summed E-state index contributed by atoms with van der Waals surface area (Å²) in [5.41, 5.74) is 13.5. The van der Waals surface area contributed by atoms with Gasteiger partial charge in [0.05, 0.1) is 18.8 Å². The van der Waals surface area contributed by atoms with E-state index in [-0.39, 0.29) is 17.8 Å². The molecule has 0 spiro atoms. The van der Waals surface area contributed by atoms with Gasteiger partial charge < -0.3 is 9.47 Å². The molecule has 5 nitrogen and oxygen atoms in total. The molecule has 6 heteroatoms. The molecule has 1 fully saturated rings. The average Bonchev–Trinajstić information content (AvgIpc) is 3.14. The van der Waals surface area contributed by atoms with Gasteiger partial charge in [0.15, 0.2) is 5.79 Å². The van der Waals surface area contributed by atoms with Gasteiger partial charge >= 0.3 is 0 Å². The molecule has 1 saturated heterocycles. The predicted octanol–water partition coefficient (Wildman–Crippen LogP) is 6.58. The summed E-state index contributed by atoms with van der Waals surface area (Å²) < 4.78 is 26.4. The van der Waals surface area contributed by atoms with E-state index in [9.17, 15) is 9.92 Å². The van der Waals surface area contributed by atoms with Crippen LogP contribution in [0.15, 0.2) is 47.6 Å². The molecule has 2 aromatic carbocycles. The Hall–Kier alpha value is -2.40. The van der Waals surface area contributed by atoms with Crippen molar-refractivity contribution in [3.63, 3.8) is 0 Å². The summed E-state index contributed by atoms with van der Waals surface area (Å²) in [6, 6.07) is 12.6. The lowest BCUT2D eigenvalue weighted by molar-refractivity contribution is -0.172. The van der Waals surface area contributed by atoms with Crippen molar-refractivity contribution in [2.75, 3.05) is 6.61 Å².